The van der Waals surface area contributed by atoms with Crippen molar-refractivity contribution in [2.24, 2.45) is 0 Å². The quantitative estimate of drug-likeness (QED) is 0.808. The number of hydrogen-bond donors (Lipinski definition) is 0. The second kappa shape index (κ2) is 5.94. The van der Waals surface area contributed by atoms with Gasteiger partial charge in [0.25, 0.3) is 0 Å². The summed E-state index contributed by atoms with van der Waals surface area (Å²) in [4.78, 5) is 14.4. The van der Waals surface area contributed by atoms with Gasteiger partial charge in [0.2, 0.25) is 5.91 Å². The molecule has 1 atom stereocenters. The van der Waals surface area contributed by atoms with Gasteiger partial charge in [0.1, 0.15) is 11.1 Å². The van der Waals surface area contributed by atoms with Crippen LogP contribution in [0.5, 0.6) is 5.75 Å². The minimum Gasteiger partial charge on any atom is -0.496 e. The fourth-order valence-corrected chi connectivity index (χ4v) is 3.30. The number of ether oxygens (including phenoxy) is 1. The number of benzene rings is 2. The van der Waals surface area contributed by atoms with Crippen LogP contribution < -0.4 is 4.74 Å². The van der Waals surface area contributed by atoms with Crippen LogP contribution in [-0.4, -0.2) is 31.0 Å². The van der Waals surface area contributed by atoms with E-state index in [-0.39, 0.29) is 5.91 Å². The summed E-state index contributed by atoms with van der Waals surface area (Å²) in [6.45, 7) is 1.60. The van der Waals surface area contributed by atoms with Gasteiger partial charge in [-0.3, -0.25) is 4.79 Å². The maximum Gasteiger partial charge on any atom is 0.245 e. The molecule has 1 heterocycles. The molecule has 1 saturated heterocycles. The Labute approximate surface area is 129 Å². The van der Waals surface area contributed by atoms with Gasteiger partial charge in [0, 0.05) is 18.7 Å². The van der Waals surface area contributed by atoms with E-state index >= 15 is 0 Å². The molecule has 3 rings (SSSR count). The first-order valence-corrected chi connectivity index (χ1v) is 7.64. The molecule has 0 aliphatic carbocycles. The smallest absolute Gasteiger partial charge is 0.245 e. The van der Waals surface area contributed by atoms with Gasteiger partial charge in [-0.1, -0.05) is 30.3 Å². The van der Waals surface area contributed by atoms with Crippen molar-refractivity contribution in [3.63, 3.8) is 0 Å². The predicted molar refractivity (Wildman–Crippen MR) is 84.9 cm³/mol. The predicted octanol–water partition coefficient (Wildman–Crippen LogP) is 3.75. The zero-order valence-electron chi connectivity index (χ0n) is 12.0. The number of nitrogens with zero attached hydrogens (tertiary/aromatic N) is 1. The number of alkyl halides is 1. The van der Waals surface area contributed by atoms with Crippen LogP contribution >= 0.6 is 11.6 Å². The van der Waals surface area contributed by atoms with Crippen LogP contribution in [0.15, 0.2) is 36.4 Å². The van der Waals surface area contributed by atoms with Gasteiger partial charge >= 0.3 is 0 Å². The zero-order valence-corrected chi connectivity index (χ0v) is 12.8. The largest absolute Gasteiger partial charge is 0.496 e. The fraction of sp³-hybridized carbons (Fsp3) is 0.353. The molecule has 0 bridgehead atoms. The molecule has 110 valence electrons. The average Bonchev–Trinajstić information content (AvgIpc) is 3.06. The van der Waals surface area contributed by atoms with E-state index in [0.717, 1.165) is 42.3 Å². The standard InChI is InChI=1S/C17H18ClNO2/c1-21-14-9-8-12-6-2-3-7-13(12)15(14)16(18)17(20)19-10-4-5-11-19/h2-3,6-9,16H,4-5,10-11H2,1H3. The molecule has 0 saturated carbocycles. The van der Waals surface area contributed by atoms with Crippen molar-refractivity contribution in [2.75, 3.05) is 20.2 Å². The van der Waals surface area contributed by atoms with Crippen LogP contribution in [0.3, 0.4) is 0 Å². The van der Waals surface area contributed by atoms with Crippen LogP contribution in [-0.2, 0) is 4.79 Å². The van der Waals surface area contributed by atoms with Crippen molar-refractivity contribution in [1.82, 2.24) is 4.90 Å². The molecule has 1 aliphatic heterocycles. The molecular weight excluding hydrogens is 286 g/mol. The van der Waals surface area contributed by atoms with E-state index in [4.69, 9.17) is 16.3 Å². The van der Waals surface area contributed by atoms with Gasteiger partial charge in [0.05, 0.1) is 7.11 Å². The summed E-state index contributed by atoms with van der Waals surface area (Å²) in [6.07, 6.45) is 2.12. The van der Waals surface area contributed by atoms with E-state index in [0.29, 0.717) is 5.75 Å². The fourth-order valence-electron chi connectivity index (χ4n) is 2.94. The van der Waals surface area contributed by atoms with E-state index < -0.39 is 5.38 Å². The molecule has 4 heteroatoms. The van der Waals surface area contributed by atoms with Crippen LogP contribution in [0.2, 0.25) is 0 Å². The first-order chi connectivity index (χ1) is 10.2. The van der Waals surface area contributed by atoms with Crippen LogP contribution in [0.4, 0.5) is 0 Å². The Morgan fingerprint density at radius 1 is 1.19 bits per heavy atom. The van der Waals surface area contributed by atoms with Crippen molar-refractivity contribution in [3.8, 4) is 5.75 Å². The van der Waals surface area contributed by atoms with Gasteiger partial charge in [-0.05, 0) is 29.7 Å². The molecular formula is C17H18ClNO2. The molecule has 21 heavy (non-hydrogen) atoms. The number of carbonyl (C=O) groups is 1. The third-order valence-electron chi connectivity index (χ3n) is 4.04. The van der Waals surface area contributed by atoms with Crippen LogP contribution in [0.25, 0.3) is 10.8 Å². The summed E-state index contributed by atoms with van der Waals surface area (Å²) in [5, 5.41) is 1.33. The molecule has 1 unspecified atom stereocenters. The first kappa shape index (κ1) is 14.2. The number of amides is 1. The van der Waals surface area contributed by atoms with Crippen molar-refractivity contribution < 1.29 is 9.53 Å². The van der Waals surface area contributed by atoms with Gasteiger partial charge in [-0.2, -0.15) is 0 Å². The summed E-state index contributed by atoms with van der Waals surface area (Å²) in [5.41, 5.74) is 0.772. The number of methoxy groups -OCH3 is 1. The lowest BCUT2D eigenvalue weighted by Crippen LogP contribution is -2.30. The normalized spacial score (nSPS) is 16.2. The Bertz CT molecular complexity index is 665. The van der Waals surface area contributed by atoms with Gasteiger partial charge in [0.15, 0.2) is 0 Å². The van der Waals surface area contributed by atoms with E-state index in [2.05, 4.69) is 0 Å². The monoisotopic (exact) mass is 303 g/mol. The number of hydrogen-bond acceptors (Lipinski definition) is 2. The Morgan fingerprint density at radius 3 is 2.62 bits per heavy atom. The van der Waals surface area contributed by atoms with Crippen molar-refractivity contribution >= 4 is 28.3 Å². The highest BCUT2D eigenvalue weighted by Crippen LogP contribution is 2.37. The highest BCUT2D eigenvalue weighted by Gasteiger charge is 2.29. The Kier molecular flexibility index (Phi) is 4.02. The topological polar surface area (TPSA) is 29.5 Å². The number of rotatable bonds is 3. The van der Waals surface area contributed by atoms with Crippen LogP contribution in [0.1, 0.15) is 23.8 Å². The molecule has 1 aliphatic rings. The van der Waals surface area contributed by atoms with E-state index in [1.165, 1.54) is 0 Å². The van der Waals surface area contributed by atoms with Gasteiger partial charge in [-0.15, -0.1) is 11.6 Å². The molecule has 3 nitrogen and oxygen atoms in total. The molecule has 0 spiro atoms. The molecule has 0 radical (unpaired) electrons. The Balaban J connectivity index is 2.06. The number of likely N-dealkylation sites (tertiary alicyclic amines) is 1. The van der Waals surface area contributed by atoms with Gasteiger partial charge < -0.3 is 9.64 Å². The third-order valence-corrected chi connectivity index (χ3v) is 4.44. The summed E-state index contributed by atoms with van der Waals surface area (Å²) >= 11 is 6.53. The van der Waals surface area contributed by atoms with Crippen molar-refractivity contribution in [2.45, 2.75) is 18.2 Å². The molecule has 1 amide bonds. The lowest BCUT2D eigenvalue weighted by Gasteiger charge is -2.21. The lowest BCUT2D eigenvalue weighted by atomic mass is 10.00. The minimum absolute atomic E-state index is 0.0242. The second-order valence-electron chi connectivity index (χ2n) is 5.30. The van der Waals surface area contributed by atoms with Crippen molar-refractivity contribution in [1.29, 1.82) is 0 Å². The molecule has 0 N–H and O–H groups in total. The average molecular weight is 304 g/mol. The Hall–Kier alpha value is -1.74. The van der Waals surface area contributed by atoms with E-state index in [1.807, 2.05) is 41.3 Å². The minimum atomic E-state index is -0.704. The second-order valence-corrected chi connectivity index (χ2v) is 5.73. The number of halogens is 1. The number of carbonyl (C=O) groups excluding carboxylic acids is 1. The van der Waals surface area contributed by atoms with E-state index in [1.54, 1.807) is 7.11 Å². The summed E-state index contributed by atoms with van der Waals surface area (Å²) in [5.74, 6) is 0.644. The number of fused-ring (bicyclic) bond motifs is 1. The first-order valence-electron chi connectivity index (χ1n) is 7.21. The maximum absolute atomic E-state index is 12.6. The SMILES string of the molecule is COc1ccc2ccccc2c1C(Cl)C(=O)N1CCCC1. The molecule has 2 aromatic rings. The highest BCUT2D eigenvalue weighted by molar-refractivity contribution is 6.32. The van der Waals surface area contributed by atoms with E-state index in [9.17, 15) is 4.79 Å². The van der Waals surface area contributed by atoms with Crippen molar-refractivity contribution in [3.05, 3.63) is 42.0 Å². The zero-order chi connectivity index (χ0) is 14.8. The van der Waals surface area contributed by atoms with Gasteiger partial charge in [-0.25, -0.2) is 0 Å². The Morgan fingerprint density at radius 2 is 1.90 bits per heavy atom. The molecule has 1 fully saturated rings. The third kappa shape index (κ3) is 2.58. The summed E-state index contributed by atoms with van der Waals surface area (Å²) in [7, 11) is 1.61. The summed E-state index contributed by atoms with van der Waals surface area (Å²) in [6, 6.07) is 11.8. The maximum atomic E-state index is 12.6. The molecule has 2 aromatic carbocycles. The van der Waals surface area contributed by atoms with Crippen LogP contribution in [0, 0.1) is 0 Å². The highest BCUT2D eigenvalue weighted by atomic mass is 35.5. The summed E-state index contributed by atoms with van der Waals surface area (Å²) < 4.78 is 5.43. The lowest BCUT2D eigenvalue weighted by molar-refractivity contribution is -0.129. The molecule has 0 aromatic heterocycles.